The number of alkyl carbamates (subject to hydrolysis) is 1. The third-order valence-corrected chi connectivity index (χ3v) is 6.63. The van der Waals surface area contributed by atoms with Crippen LogP contribution in [0.25, 0.3) is 0 Å². The van der Waals surface area contributed by atoms with Crippen LogP contribution in [-0.2, 0) is 48.4 Å². The number of amides is 6. The highest BCUT2D eigenvalue weighted by Gasteiger charge is 2.25. The molecule has 3 rings (SSSR count). The largest absolute Gasteiger partial charge is 0.445 e. The zero-order chi connectivity index (χ0) is 34.2. The molecule has 3 aromatic rings. The number of carbonyl (C=O) groups is 6. The van der Waals surface area contributed by atoms with Crippen LogP contribution in [0.2, 0.25) is 0 Å². The van der Waals surface area contributed by atoms with E-state index in [1.165, 1.54) is 18.7 Å². The summed E-state index contributed by atoms with van der Waals surface area (Å²) < 4.78 is 5.10. The number of benzene rings is 3. The van der Waals surface area contributed by atoms with Crippen molar-refractivity contribution in [2.45, 2.75) is 45.6 Å². The highest BCUT2D eigenvalue weighted by Crippen LogP contribution is 2.11. The highest BCUT2D eigenvalue weighted by atomic mass is 16.5. The number of nitrogens with one attached hydrogen (secondary N) is 3. The average Bonchev–Trinajstić information content (AvgIpc) is 3.06. The minimum atomic E-state index is -1.20. The summed E-state index contributed by atoms with van der Waals surface area (Å²) >= 11 is 0. The lowest BCUT2D eigenvalue weighted by molar-refractivity contribution is -0.142. The first-order chi connectivity index (χ1) is 22.5. The van der Waals surface area contributed by atoms with Crippen molar-refractivity contribution in [1.29, 1.82) is 0 Å². The van der Waals surface area contributed by atoms with Gasteiger partial charge in [0.1, 0.15) is 25.2 Å². The highest BCUT2D eigenvalue weighted by molar-refractivity contribution is 5.99. The Morgan fingerprint density at radius 2 is 1.15 bits per heavy atom. The summed E-state index contributed by atoms with van der Waals surface area (Å²) in [5.41, 5.74) is 10.0. The van der Waals surface area contributed by atoms with Gasteiger partial charge in [0.05, 0.1) is 0 Å². The molecule has 0 heterocycles. The molecule has 13 nitrogen and oxygen atoms in total. The van der Waals surface area contributed by atoms with Gasteiger partial charge in [0.15, 0.2) is 0 Å². The van der Waals surface area contributed by atoms with Crippen LogP contribution in [-0.4, -0.2) is 64.2 Å². The Bertz CT molecular complexity index is 1510. The van der Waals surface area contributed by atoms with Gasteiger partial charge < -0.3 is 26.0 Å². The third-order valence-electron chi connectivity index (χ3n) is 6.63. The summed E-state index contributed by atoms with van der Waals surface area (Å²) in [5, 5.41) is 5.42. The zero-order valence-electron chi connectivity index (χ0n) is 26.1. The predicted octanol–water partition coefficient (Wildman–Crippen LogP) is 1.94. The van der Waals surface area contributed by atoms with Crippen LogP contribution >= 0.6 is 0 Å². The van der Waals surface area contributed by atoms with Gasteiger partial charge in [-0.15, -0.1) is 0 Å². The van der Waals surface area contributed by atoms with Crippen LogP contribution in [0, 0.1) is 0 Å². The van der Waals surface area contributed by atoms with Gasteiger partial charge in [-0.05, 0) is 30.5 Å². The van der Waals surface area contributed by atoms with Crippen LogP contribution in [0.5, 0.6) is 0 Å². The molecule has 0 aliphatic rings. The second-order valence-corrected chi connectivity index (χ2v) is 10.5. The van der Waals surface area contributed by atoms with Gasteiger partial charge in [-0.3, -0.25) is 29.4 Å². The fourth-order valence-corrected chi connectivity index (χ4v) is 4.13. The van der Waals surface area contributed by atoms with Crippen molar-refractivity contribution < 1.29 is 33.5 Å². The van der Waals surface area contributed by atoms with E-state index in [0.29, 0.717) is 5.01 Å². The first-order valence-electron chi connectivity index (χ1n) is 14.7. The van der Waals surface area contributed by atoms with Crippen LogP contribution < -0.4 is 21.8 Å². The molecule has 0 fully saturated rings. The molecule has 13 heteroatoms. The number of nitrogens with two attached hydrogens (primary N) is 1. The van der Waals surface area contributed by atoms with Crippen molar-refractivity contribution in [3.8, 4) is 0 Å². The monoisotopic (exact) mass is 642 g/mol. The quantitative estimate of drug-likeness (QED) is 0.153. The molecule has 0 aliphatic heterocycles. The van der Waals surface area contributed by atoms with E-state index in [1.807, 2.05) is 66.7 Å². The van der Waals surface area contributed by atoms with Crippen LogP contribution in [0.15, 0.2) is 103 Å². The summed E-state index contributed by atoms with van der Waals surface area (Å²) in [6.07, 6.45) is 1.13. The van der Waals surface area contributed by atoms with Crippen molar-refractivity contribution in [2.24, 2.45) is 5.73 Å². The molecule has 0 aromatic heterocycles. The SMILES string of the molecule is CC(NC(=O)OCc1ccccc1)C(=O)NC(C)C(=O)NN(CC(N)=O)C(=O)/C=C/C(=O)N(Cc1ccccc1)Cc1ccccc1. The Labute approximate surface area is 272 Å². The first-order valence-corrected chi connectivity index (χ1v) is 14.7. The molecule has 0 saturated carbocycles. The molecule has 0 bridgehead atoms. The van der Waals surface area contributed by atoms with E-state index in [-0.39, 0.29) is 19.7 Å². The summed E-state index contributed by atoms with van der Waals surface area (Å²) in [4.78, 5) is 77.0. The maximum absolute atomic E-state index is 13.2. The molecule has 0 radical (unpaired) electrons. The maximum Gasteiger partial charge on any atom is 0.408 e. The standard InChI is InChI=1S/C34H38N6O7/c1-24(37-34(46)47-23-28-16-10-5-11-17-28)32(44)36-25(2)33(45)38-40(22-29(35)41)31(43)19-18-30(42)39(20-26-12-6-3-7-13-26)21-27-14-8-4-9-15-27/h3-19,24-25H,20-23H2,1-2H3,(H2,35,41)(H,36,44)(H,37,46)(H,38,45)/b19-18+. The van der Waals surface area contributed by atoms with Gasteiger partial charge in [-0.25, -0.2) is 9.80 Å². The summed E-state index contributed by atoms with van der Waals surface area (Å²) in [6.45, 7) is 2.57. The van der Waals surface area contributed by atoms with Crippen LogP contribution in [0.3, 0.4) is 0 Å². The number of primary amides is 1. The number of rotatable bonds is 14. The third kappa shape index (κ3) is 12.5. The summed E-state index contributed by atoms with van der Waals surface area (Å²) in [6, 6.07) is 25.3. The number of nitrogens with zero attached hydrogens (tertiary/aromatic N) is 2. The Kier molecular flexibility index (Phi) is 13.7. The molecule has 246 valence electrons. The lowest BCUT2D eigenvalue weighted by Crippen LogP contribution is -2.56. The number of hydrogen-bond donors (Lipinski definition) is 4. The van der Waals surface area contributed by atoms with Crippen molar-refractivity contribution >= 4 is 35.6 Å². The summed E-state index contributed by atoms with van der Waals surface area (Å²) in [5.74, 6) is -3.89. The lowest BCUT2D eigenvalue weighted by Gasteiger charge is -2.24. The van der Waals surface area contributed by atoms with Gasteiger partial charge >= 0.3 is 6.09 Å². The minimum absolute atomic E-state index is 0.00166. The zero-order valence-corrected chi connectivity index (χ0v) is 26.1. The predicted molar refractivity (Wildman–Crippen MR) is 172 cm³/mol. The van der Waals surface area contributed by atoms with Gasteiger partial charge in [0.25, 0.3) is 11.8 Å². The van der Waals surface area contributed by atoms with E-state index < -0.39 is 54.3 Å². The van der Waals surface area contributed by atoms with E-state index in [0.717, 1.165) is 28.8 Å². The molecule has 6 amide bonds. The fourth-order valence-electron chi connectivity index (χ4n) is 4.13. The topological polar surface area (TPSA) is 180 Å². The molecular weight excluding hydrogens is 604 g/mol. The average molecular weight is 643 g/mol. The van der Waals surface area contributed by atoms with Crippen LogP contribution in [0.1, 0.15) is 30.5 Å². The van der Waals surface area contributed by atoms with Gasteiger partial charge in [0.2, 0.25) is 17.7 Å². The van der Waals surface area contributed by atoms with E-state index in [1.54, 1.807) is 24.3 Å². The Hall–Kier alpha value is -5.98. The molecule has 2 unspecified atom stereocenters. The molecule has 0 spiro atoms. The Morgan fingerprint density at radius 3 is 1.66 bits per heavy atom. The number of carbonyl (C=O) groups excluding carboxylic acids is 6. The Morgan fingerprint density at radius 1 is 0.681 bits per heavy atom. The number of ether oxygens (including phenoxy) is 1. The van der Waals surface area contributed by atoms with Crippen molar-refractivity contribution in [3.05, 3.63) is 120 Å². The molecule has 2 atom stereocenters. The van der Waals surface area contributed by atoms with Crippen LogP contribution in [0.4, 0.5) is 4.79 Å². The normalized spacial score (nSPS) is 11.9. The first kappa shape index (κ1) is 35.5. The van der Waals surface area contributed by atoms with Crippen molar-refractivity contribution in [1.82, 2.24) is 26.0 Å². The van der Waals surface area contributed by atoms with Crippen molar-refractivity contribution in [3.63, 3.8) is 0 Å². The number of hydrogen-bond acceptors (Lipinski definition) is 7. The molecule has 5 N–H and O–H groups in total. The van der Waals surface area contributed by atoms with E-state index in [4.69, 9.17) is 10.5 Å². The van der Waals surface area contributed by atoms with E-state index >= 15 is 0 Å². The minimum Gasteiger partial charge on any atom is -0.445 e. The van der Waals surface area contributed by atoms with E-state index in [2.05, 4.69) is 16.1 Å². The maximum atomic E-state index is 13.2. The van der Waals surface area contributed by atoms with Gasteiger partial charge in [-0.2, -0.15) is 0 Å². The molecule has 47 heavy (non-hydrogen) atoms. The second-order valence-electron chi connectivity index (χ2n) is 10.5. The van der Waals surface area contributed by atoms with Gasteiger partial charge in [0, 0.05) is 25.2 Å². The number of hydrazine groups is 1. The fraction of sp³-hybridized carbons (Fsp3) is 0.235. The molecule has 3 aromatic carbocycles. The molecule has 0 saturated heterocycles. The van der Waals surface area contributed by atoms with E-state index in [9.17, 15) is 28.8 Å². The second kappa shape index (κ2) is 18.1. The molecular formula is C34H38N6O7. The summed E-state index contributed by atoms with van der Waals surface area (Å²) in [7, 11) is 0. The lowest BCUT2D eigenvalue weighted by atomic mass is 10.1. The van der Waals surface area contributed by atoms with Gasteiger partial charge in [-0.1, -0.05) is 91.0 Å². The Balaban J connectivity index is 1.58. The van der Waals surface area contributed by atoms with Crippen molar-refractivity contribution in [2.75, 3.05) is 6.54 Å². The molecule has 0 aliphatic carbocycles. The smallest absolute Gasteiger partial charge is 0.408 e.